The summed E-state index contributed by atoms with van der Waals surface area (Å²) in [6, 6.07) is 10.4. The lowest BCUT2D eigenvalue weighted by atomic mass is 9.96. The zero-order valence-electron chi connectivity index (χ0n) is 16.3. The molecule has 148 valence electrons. The number of amides is 1. The number of nitrogens with zero attached hydrogens (tertiary/aromatic N) is 3. The summed E-state index contributed by atoms with van der Waals surface area (Å²) in [6.07, 6.45) is 4.92. The van der Waals surface area contributed by atoms with Crippen LogP contribution in [0.15, 0.2) is 60.6 Å². The van der Waals surface area contributed by atoms with E-state index in [9.17, 15) is 14.7 Å². The summed E-state index contributed by atoms with van der Waals surface area (Å²) >= 11 is 0. The standard InChI is InChI=1S/C22H22N4O3/c1-25(2)10-11-26-19(14-6-5-9-23-12-14)18(21(28)22(26)29)20(27)16-13-24-17-8-4-3-7-15(16)17/h3-9,12-13,19,24,27H,10-11H2,1-2H3/b20-18+/t19-/m0/s1. The van der Waals surface area contributed by atoms with Gasteiger partial charge in [0.1, 0.15) is 5.76 Å². The van der Waals surface area contributed by atoms with Crippen LogP contribution in [-0.4, -0.2) is 63.7 Å². The molecule has 1 amide bonds. The van der Waals surface area contributed by atoms with Gasteiger partial charge in [0.25, 0.3) is 11.7 Å². The number of aliphatic hydroxyl groups excluding tert-OH is 1. The van der Waals surface area contributed by atoms with Gasteiger partial charge >= 0.3 is 0 Å². The third-order valence-corrected chi connectivity index (χ3v) is 5.17. The average molecular weight is 390 g/mol. The highest BCUT2D eigenvalue weighted by Gasteiger charge is 2.46. The normalized spacial score (nSPS) is 18.9. The van der Waals surface area contributed by atoms with Crippen LogP contribution in [0.1, 0.15) is 17.2 Å². The summed E-state index contributed by atoms with van der Waals surface area (Å²) < 4.78 is 0. The minimum atomic E-state index is -0.683. The number of aromatic amines is 1. The maximum Gasteiger partial charge on any atom is 0.295 e. The SMILES string of the molecule is CN(C)CCN1C(=O)C(=O)/C(=C(/O)c2c[nH]c3ccccc23)[C@@H]1c1cccnc1. The molecular weight excluding hydrogens is 368 g/mol. The van der Waals surface area contributed by atoms with E-state index >= 15 is 0 Å². The second kappa shape index (κ2) is 7.52. The van der Waals surface area contributed by atoms with Crippen molar-refractivity contribution in [1.29, 1.82) is 0 Å². The van der Waals surface area contributed by atoms with Crippen molar-refractivity contribution in [2.45, 2.75) is 6.04 Å². The number of hydrogen-bond donors (Lipinski definition) is 2. The molecule has 0 aliphatic carbocycles. The highest BCUT2D eigenvalue weighted by Crippen LogP contribution is 2.40. The average Bonchev–Trinajstić information content (AvgIpc) is 3.26. The van der Waals surface area contributed by atoms with Gasteiger partial charge in [-0.15, -0.1) is 0 Å². The Hall–Kier alpha value is -3.45. The molecular formula is C22H22N4O3. The number of para-hydroxylation sites is 1. The molecule has 0 spiro atoms. The summed E-state index contributed by atoms with van der Waals surface area (Å²) in [4.78, 5) is 36.5. The molecule has 1 saturated heterocycles. The number of carbonyl (C=O) groups is 2. The van der Waals surface area contributed by atoms with Gasteiger partial charge in [0.15, 0.2) is 0 Å². The van der Waals surface area contributed by atoms with Gasteiger partial charge in [0.05, 0.1) is 11.6 Å². The fourth-order valence-corrected chi connectivity index (χ4v) is 3.72. The quantitative estimate of drug-likeness (QED) is 0.397. The van der Waals surface area contributed by atoms with E-state index in [0.717, 1.165) is 10.9 Å². The molecule has 1 aliphatic rings. The zero-order chi connectivity index (χ0) is 20.5. The molecule has 0 radical (unpaired) electrons. The lowest BCUT2D eigenvalue weighted by molar-refractivity contribution is -0.140. The Balaban J connectivity index is 1.88. The minimum Gasteiger partial charge on any atom is -0.507 e. The molecule has 0 bridgehead atoms. The molecule has 3 aromatic rings. The number of pyridine rings is 1. The van der Waals surface area contributed by atoms with E-state index in [1.807, 2.05) is 49.3 Å². The van der Waals surface area contributed by atoms with Crippen molar-refractivity contribution in [2.24, 2.45) is 0 Å². The third-order valence-electron chi connectivity index (χ3n) is 5.17. The molecule has 4 rings (SSSR count). The molecule has 0 unspecified atom stereocenters. The van der Waals surface area contributed by atoms with Crippen LogP contribution in [0.3, 0.4) is 0 Å². The van der Waals surface area contributed by atoms with E-state index in [0.29, 0.717) is 24.2 Å². The summed E-state index contributed by atoms with van der Waals surface area (Å²) in [5, 5.41) is 11.9. The smallest absolute Gasteiger partial charge is 0.295 e. The number of likely N-dealkylation sites (N-methyl/N-ethyl adjacent to an activating group) is 1. The van der Waals surface area contributed by atoms with E-state index in [-0.39, 0.29) is 11.3 Å². The number of likely N-dealkylation sites (tertiary alicyclic amines) is 1. The number of nitrogens with one attached hydrogen (secondary N) is 1. The maximum absolute atomic E-state index is 13.0. The topological polar surface area (TPSA) is 89.5 Å². The molecule has 1 fully saturated rings. The fourth-order valence-electron chi connectivity index (χ4n) is 3.72. The maximum atomic E-state index is 13.0. The molecule has 0 saturated carbocycles. The highest BCUT2D eigenvalue weighted by molar-refractivity contribution is 6.46. The van der Waals surface area contributed by atoms with Crippen LogP contribution in [0.25, 0.3) is 16.7 Å². The Morgan fingerprint density at radius 1 is 1.21 bits per heavy atom. The number of fused-ring (bicyclic) bond motifs is 1. The van der Waals surface area contributed by atoms with Gasteiger partial charge in [-0.25, -0.2) is 0 Å². The number of rotatable bonds is 5. The number of H-pyrrole nitrogens is 1. The molecule has 7 heteroatoms. The molecule has 1 atom stereocenters. The molecule has 3 heterocycles. The van der Waals surface area contributed by atoms with Gasteiger partial charge in [0, 0.05) is 48.1 Å². The van der Waals surface area contributed by atoms with Crippen LogP contribution in [-0.2, 0) is 9.59 Å². The second-order valence-corrected chi connectivity index (χ2v) is 7.33. The highest BCUT2D eigenvalue weighted by atomic mass is 16.3. The molecule has 2 aromatic heterocycles. The molecule has 1 aromatic carbocycles. The van der Waals surface area contributed by atoms with Crippen molar-refractivity contribution < 1.29 is 14.7 Å². The molecule has 1 aliphatic heterocycles. The largest absolute Gasteiger partial charge is 0.507 e. The van der Waals surface area contributed by atoms with Crippen LogP contribution in [0, 0.1) is 0 Å². The Bertz CT molecular complexity index is 1100. The number of hydrogen-bond acceptors (Lipinski definition) is 5. The predicted octanol–water partition coefficient (Wildman–Crippen LogP) is 2.55. The number of aromatic nitrogens is 2. The van der Waals surface area contributed by atoms with E-state index in [1.54, 1.807) is 24.7 Å². The van der Waals surface area contributed by atoms with Crippen molar-refractivity contribution in [3.63, 3.8) is 0 Å². The van der Waals surface area contributed by atoms with Crippen molar-refractivity contribution in [3.8, 4) is 0 Å². The monoisotopic (exact) mass is 390 g/mol. The van der Waals surface area contributed by atoms with Gasteiger partial charge in [-0.05, 0) is 31.8 Å². The van der Waals surface area contributed by atoms with Crippen LogP contribution >= 0.6 is 0 Å². The number of carbonyl (C=O) groups excluding carboxylic acids is 2. The van der Waals surface area contributed by atoms with Gasteiger partial charge in [0.2, 0.25) is 0 Å². The fraction of sp³-hybridized carbons (Fsp3) is 0.227. The van der Waals surface area contributed by atoms with Crippen molar-refractivity contribution in [2.75, 3.05) is 27.2 Å². The first kappa shape index (κ1) is 18.9. The van der Waals surface area contributed by atoms with Crippen molar-refractivity contribution in [1.82, 2.24) is 19.8 Å². The van der Waals surface area contributed by atoms with Crippen LogP contribution < -0.4 is 0 Å². The first-order chi connectivity index (χ1) is 14.0. The van der Waals surface area contributed by atoms with E-state index in [4.69, 9.17) is 0 Å². The lowest BCUT2D eigenvalue weighted by Crippen LogP contribution is -2.35. The minimum absolute atomic E-state index is 0.0894. The lowest BCUT2D eigenvalue weighted by Gasteiger charge is -2.26. The van der Waals surface area contributed by atoms with E-state index in [2.05, 4.69) is 9.97 Å². The Labute approximate surface area is 168 Å². The second-order valence-electron chi connectivity index (χ2n) is 7.33. The van der Waals surface area contributed by atoms with Gasteiger partial charge in [-0.3, -0.25) is 14.6 Å². The summed E-state index contributed by atoms with van der Waals surface area (Å²) in [7, 11) is 3.81. The summed E-state index contributed by atoms with van der Waals surface area (Å²) in [5.74, 6) is -1.47. The summed E-state index contributed by atoms with van der Waals surface area (Å²) in [6.45, 7) is 0.957. The number of Topliss-reactive ketones (excluding diaryl/α,β-unsaturated/α-hetero) is 1. The predicted molar refractivity (Wildman–Crippen MR) is 110 cm³/mol. The Morgan fingerprint density at radius 3 is 2.72 bits per heavy atom. The molecule has 2 N–H and O–H groups in total. The van der Waals surface area contributed by atoms with Gasteiger partial charge < -0.3 is 19.9 Å². The van der Waals surface area contributed by atoms with Crippen LogP contribution in [0.2, 0.25) is 0 Å². The van der Waals surface area contributed by atoms with E-state index < -0.39 is 17.7 Å². The van der Waals surface area contributed by atoms with Gasteiger partial charge in [-0.1, -0.05) is 24.3 Å². The van der Waals surface area contributed by atoms with Gasteiger partial charge in [-0.2, -0.15) is 0 Å². The third kappa shape index (κ3) is 3.30. The number of aliphatic hydroxyl groups is 1. The van der Waals surface area contributed by atoms with Crippen molar-refractivity contribution in [3.05, 3.63) is 71.7 Å². The molecule has 29 heavy (non-hydrogen) atoms. The molecule has 7 nitrogen and oxygen atoms in total. The van der Waals surface area contributed by atoms with Crippen LogP contribution in [0.4, 0.5) is 0 Å². The van der Waals surface area contributed by atoms with E-state index in [1.165, 1.54) is 4.90 Å². The van der Waals surface area contributed by atoms with Crippen LogP contribution in [0.5, 0.6) is 0 Å². The first-order valence-electron chi connectivity index (χ1n) is 9.38. The summed E-state index contributed by atoms with van der Waals surface area (Å²) in [5.41, 5.74) is 2.12. The Morgan fingerprint density at radius 2 is 2.00 bits per heavy atom. The zero-order valence-corrected chi connectivity index (χ0v) is 16.3. The Kier molecular flexibility index (Phi) is 4.90. The number of benzene rings is 1. The number of ketones is 1. The van der Waals surface area contributed by atoms with Crippen molar-refractivity contribution >= 4 is 28.4 Å². The first-order valence-corrected chi connectivity index (χ1v) is 9.38.